The van der Waals surface area contributed by atoms with E-state index in [1.165, 1.54) is 6.07 Å². The zero-order valence-corrected chi connectivity index (χ0v) is 9.63. The maximum absolute atomic E-state index is 13.3. The van der Waals surface area contributed by atoms with Crippen LogP contribution < -0.4 is 0 Å². The molecule has 0 aliphatic rings. The second-order valence-electron chi connectivity index (χ2n) is 2.47. The van der Waals surface area contributed by atoms with E-state index in [1.807, 2.05) is 0 Å². The Bertz CT molecular complexity index is 502. The van der Waals surface area contributed by atoms with E-state index in [0.717, 1.165) is 3.97 Å². The van der Waals surface area contributed by atoms with E-state index in [-0.39, 0.29) is 27.6 Å². The van der Waals surface area contributed by atoms with Crippen molar-refractivity contribution in [3.63, 3.8) is 0 Å². The number of nitrogens with zero attached hydrogens (tertiary/aromatic N) is 2. The molecule has 0 unspecified atom stereocenters. The second kappa shape index (κ2) is 3.67. The number of pyridine rings is 1. The fourth-order valence-corrected chi connectivity index (χ4v) is 2.21. The van der Waals surface area contributed by atoms with Crippen molar-refractivity contribution in [2.45, 2.75) is 0 Å². The first-order chi connectivity index (χ1) is 6.65. The molecule has 0 aliphatic heterocycles. The van der Waals surface area contributed by atoms with Gasteiger partial charge in [0, 0.05) is 5.39 Å². The van der Waals surface area contributed by atoms with Crippen molar-refractivity contribution in [2.75, 3.05) is 0 Å². The van der Waals surface area contributed by atoms with Gasteiger partial charge in [0.2, 0.25) is 5.95 Å². The van der Waals surface area contributed by atoms with Crippen molar-refractivity contribution in [2.24, 2.45) is 0 Å². The summed E-state index contributed by atoms with van der Waals surface area (Å²) < 4.78 is 26.6. The maximum Gasteiger partial charge on any atom is 0.222 e. The Kier molecular flexibility index (Phi) is 2.68. The largest absolute Gasteiger partial charge is 0.222 e. The van der Waals surface area contributed by atoms with Crippen LogP contribution in [0.3, 0.4) is 0 Å². The number of rotatable bonds is 1. The first-order valence-corrected chi connectivity index (χ1v) is 5.30. The molecule has 0 aromatic carbocycles. The molecule has 0 saturated heterocycles. The molecule has 2 heterocycles. The summed E-state index contributed by atoms with van der Waals surface area (Å²) in [5.41, 5.74) is 0.161. The van der Waals surface area contributed by atoms with Crippen LogP contribution in [-0.4, -0.2) is 8.96 Å². The first-order valence-electron chi connectivity index (χ1n) is 3.46. The van der Waals surface area contributed by atoms with Gasteiger partial charge in [-0.25, -0.2) is 8.96 Å². The van der Waals surface area contributed by atoms with E-state index in [2.05, 4.69) is 20.9 Å². The van der Waals surface area contributed by atoms with Gasteiger partial charge in [-0.2, -0.15) is 4.39 Å². The predicted molar refractivity (Wildman–Crippen MR) is 56.5 cm³/mol. The van der Waals surface area contributed by atoms with E-state index < -0.39 is 5.95 Å². The lowest BCUT2D eigenvalue weighted by Gasteiger charge is -1.95. The average Bonchev–Trinajstić information content (AvgIpc) is 2.39. The molecule has 0 amide bonds. The van der Waals surface area contributed by atoms with Gasteiger partial charge in [0.15, 0.2) is 18.0 Å². The highest BCUT2D eigenvalue weighted by molar-refractivity contribution is 9.10. The third kappa shape index (κ3) is 1.41. The minimum Gasteiger partial charge on any atom is -0.217 e. The maximum atomic E-state index is 13.3. The number of halogens is 4. The van der Waals surface area contributed by atoms with E-state index in [9.17, 15) is 8.28 Å². The Morgan fingerprint density at radius 2 is 2.21 bits per heavy atom. The van der Waals surface area contributed by atoms with Crippen LogP contribution >= 0.6 is 39.9 Å². The van der Waals surface area contributed by atoms with Crippen LogP contribution in [0.4, 0.5) is 8.28 Å². The van der Waals surface area contributed by atoms with Gasteiger partial charge in [-0.05, 0) is 28.1 Å². The molecule has 0 spiro atoms. The molecule has 0 fully saturated rings. The quantitative estimate of drug-likeness (QED) is 0.742. The van der Waals surface area contributed by atoms with Crippen molar-refractivity contribution < 1.29 is 8.28 Å². The van der Waals surface area contributed by atoms with Gasteiger partial charge in [0.1, 0.15) is 5.15 Å². The van der Waals surface area contributed by atoms with Crippen molar-refractivity contribution >= 4 is 50.9 Å². The Morgan fingerprint density at radius 3 is 2.86 bits per heavy atom. The summed E-state index contributed by atoms with van der Waals surface area (Å²) in [6.07, 6.45) is 0. The Balaban J connectivity index is 2.89. The van der Waals surface area contributed by atoms with Crippen LogP contribution in [0.5, 0.6) is 0 Å². The highest BCUT2D eigenvalue weighted by atomic mass is 79.9. The standard InChI is InChI=1S/C7H2BrClF2N2S/c8-5-3-1-2-4(9)12-7(3)13(14-11)6(5)10/h1-2H. The molecule has 0 saturated carbocycles. The highest BCUT2D eigenvalue weighted by Gasteiger charge is 2.17. The number of aromatic nitrogens is 2. The van der Waals surface area contributed by atoms with Crippen LogP contribution in [0.25, 0.3) is 11.0 Å². The van der Waals surface area contributed by atoms with Crippen molar-refractivity contribution in [3.05, 3.63) is 27.7 Å². The summed E-state index contributed by atoms with van der Waals surface area (Å²) in [5, 5.41) is 0.676. The zero-order valence-electron chi connectivity index (χ0n) is 6.47. The van der Waals surface area contributed by atoms with Gasteiger partial charge in [-0.1, -0.05) is 11.6 Å². The topological polar surface area (TPSA) is 17.8 Å². The van der Waals surface area contributed by atoms with Crippen LogP contribution in [0.1, 0.15) is 0 Å². The van der Waals surface area contributed by atoms with E-state index in [4.69, 9.17) is 11.6 Å². The predicted octanol–water partition coefficient (Wildman–Crippen LogP) is 3.97. The minimum atomic E-state index is -0.720. The van der Waals surface area contributed by atoms with Gasteiger partial charge >= 0.3 is 0 Å². The normalized spacial score (nSPS) is 11.1. The molecule has 2 nitrogen and oxygen atoms in total. The molecule has 2 rings (SSSR count). The summed E-state index contributed by atoms with van der Waals surface area (Å²) >= 11 is 8.37. The fraction of sp³-hybridized carbons (Fsp3) is 0. The van der Waals surface area contributed by atoms with E-state index in [1.54, 1.807) is 6.07 Å². The molecule has 2 aromatic rings. The minimum absolute atomic E-state index is 0.161. The van der Waals surface area contributed by atoms with E-state index in [0.29, 0.717) is 5.39 Å². The van der Waals surface area contributed by atoms with Crippen LogP contribution in [0.2, 0.25) is 5.15 Å². The first kappa shape index (κ1) is 10.2. The summed E-state index contributed by atoms with van der Waals surface area (Å²) in [4.78, 5) is 3.83. The molecule has 0 aliphatic carbocycles. The second-order valence-corrected chi connectivity index (χ2v) is 4.16. The average molecular weight is 300 g/mol. The molecule has 2 aromatic heterocycles. The molecular formula is C7H2BrClF2N2S. The van der Waals surface area contributed by atoms with E-state index >= 15 is 0 Å². The highest BCUT2D eigenvalue weighted by Crippen LogP contribution is 2.32. The third-order valence-corrected chi connectivity index (χ3v) is 3.13. The van der Waals surface area contributed by atoms with Crippen LogP contribution in [-0.2, 0) is 0 Å². The third-order valence-electron chi connectivity index (χ3n) is 1.70. The van der Waals surface area contributed by atoms with Crippen LogP contribution in [0, 0.1) is 5.95 Å². The Labute approximate surface area is 95.8 Å². The molecular weight excluding hydrogens is 298 g/mol. The summed E-state index contributed by atoms with van der Waals surface area (Å²) in [6, 6.07) is 3.09. The van der Waals surface area contributed by atoms with Crippen molar-refractivity contribution in [3.8, 4) is 0 Å². The van der Waals surface area contributed by atoms with Gasteiger partial charge in [-0.15, -0.1) is 3.89 Å². The Hall–Kier alpha value is -0.330. The zero-order chi connectivity index (χ0) is 10.3. The van der Waals surface area contributed by atoms with Gasteiger partial charge in [-0.3, -0.25) is 0 Å². The van der Waals surface area contributed by atoms with Gasteiger partial charge in [0.05, 0.1) is 4.47 Å². The smallest absolute Gasteiger partial charge is 0.217 e. The van der Waals surface area contributed by atoms with Gasteiger partial charge in [0.25, 0.3) is 0 Å². The summed E-state index contributed by atoms with van der Waals surface area (Å²) in [5.74, 6) is -0.720. The SMILES string of the molecule is FSn1c(F)c(Br)c2ccc(Cl)nc21. The monoisotopic (exact) mass is 298 g/mol. The summed E-state index contributed by atoms with van der Waals surface area (Å²) in [7, 11) is 0. The lowest BCUT2D eigenvalue weighted by atomic mass is 10.3. The molecule has 0 bridgehead atoms. The number of hydrogen-bond donors (Lipinski definition) is 0. The lowest BCUT2D eigenvalue weighted by molar-refractivity contribution is 0.574. The molecule has 0 N–H and O–H groups in total. The number of hydrogen-bond acceptors (Lipinski definition) is 2. The molecule has 14 heavy (non-hydrogen) atoms. The molecule has 74 valence electrons. The van der Waals surface area contributed by atoms with Crippen molar-refractivity contribution in [1.29, 1.82) is 0 Å². The number of fused-ring (bicyclic) bond motifs is 1. The van der Waals surface area contributed by atoms with Crippen LogP contribution in [0.15, 0.2) is 16.6 Å². The summed E-state index contributed by atoms with van der Waals surface area (Å²) in [6.45, 7) is 0. The molecule has 0 radical (unpaired) electrons. The van der Waals surface area contributed by atoms with Crippen molar-refractivity contribution in [1.82, 2.24) is 8.96 Å². The fourth-order valence-electron chi connectivity index (χ4n) is 1.11. The molecule has 0 atom stereocenters. The molecule has 7 heteroatoms. The van der Waals surface area contributed by atoms with Gasteiger partial charge < -0.3 is 0 Å². The lowest BCUT2D eigenvalue weighted by Crippen LogP contribution is -1.89. The Morgan fingerprint density at radius 1 is 1.50 bits per heavy atom.